The Hall–Kier alpha value is -3.27. The van der Waals surface area contributed by atoms with E-state index in [2.05, 4.69) is 115 Å². The molecule has 1 aromatic rings. The van der Waals surface area contributed by atoms with Gasteiger partial charge in [0.15, 0.2) is 5.82 Å². The summed E-state index contributed by atoms with van der Waals surface area (Å²) in [5.74, 6) is 1.48. The van der Waals surface area contributed by atoms with E-state index in [9.17, 15) is 9.59 Å². The van der Waals surface area contributed by atoms with E-state index in [-0.39, 0.29) is 41.7 Å². The number of H-pyrrole nitrogens is 1. The highest BCUT2D eigenvalue weighted by atomic mass is 32.2. The molecule has 1 spiro atoms. The molecule has 0 aromatic carbocycles. The van der Waals surface area contributed by atoms with Crippen LogP contribution in [0, 0.1) is 35.0 Å². The standard InChI is InChI=1S/C36H49N7O2S/c1-22(2)11-14-28(24-12-13-27(23(3)19-24)33(44)37-21-31-39-41-42-40-31)43-34(45)32(30-20-25-9-7-8-10-29(25)46-30)38-36(43)17-15-26(16-18-36)35(4,5)6/h7-10,12-13,19-20,22-23,25-29H,11,14-18,21H2,1-6H3,(H,37,44)(H,39,40,41,42). The predicted molar refractivity (Wildman–Crippen MR) is 183 cm³/mol. The second kappa shape index (κ2) is 13.1. The summed E-state index contributed by atoms with van der Waals surface area (Å²) < 4.78 is 0. The number of allylic oxidation sites excluding steroid dienone is 5. The van der Waals surface area contributed by atoms with Crippen molar-refractivity contribution in [2.75, 3.05) is 0 Å². The highest BCUT2D eigenvalue weighted by Crippen LogP contribution is 2.50. The van der Waals surface area contributed by atoms with Gasteiger partial charge in [0, 0.05) is 16.1 Å². The van der Waals surface area contributed by atoms with Crippen molar-refractivity contribution >= 4 is 29.3 Å². The number of hydrogen-bond donors (Lipinski definition) is 2. The topological polar surface area (TPSA) is 116 Å². The number of carbonyl (C=O) groups is 2. The summed E-state index contributed by atoms with van der Waals surface area (Å²) >= 11 is 1.78. The smallest absolute Gasteiger partial charge is 0.275 e. The van der Waals surface area contributed by atoms with Gasteiger partial charge in [-0.05, 0) is 67.3 Å². The molecule has 1 aromatic heterocycles. The number of tetrazole rings is 1. The predicted octanol–water partition coefficient (Wildman–Crippen LogP) is 6.33. The second-order valence-electron chi connectivity index (χ2n) is 15.2. The Labute approximate surface area is 277 Å². The number of rotatable bonds is 9. The largest absolute Gasteiger partial charge is 0.348 e. The molecule has 5 aliphatic rings. The van der Waals surface area contributed by atoms with Gasteiger partial charge in [0.05, 0.1) is 18.5 Å². The van der Waals surface area contributed by atoms with Gasteiger partial charge in [0.25, 0.3) is 5.91 Å². The highest BCUT2D eigenvalue weighted by Gasteiger charge is 2.54. The Bertz CT molecular complexity index is 1490. The zero-order valence-electron chi connectivity index (χ0n) is 28.1. The number of carbonyl (C=O) groups excluding carboxylic acids is 2. The van der Waals surface area contributed by atoms with Gasteiger partial charge >= 0.3 is 0 Å². The zero-order valence-corrected chi connectivity index (χ0v) is 28.9. The van der Waals surface area contributed by atoms with Crippen molar-refractivity contribution in [3.8, 4) is 0 Å². The van der Waals surface area contributed by atoms with Crippen LogP contribution in [0.5, 0.6) is 0 Å². The maximum atomic E-state index is 14.8. The van der Waals surface area contributed by atoms with Crippen LogP contribution in [-0.4, -0.2) is 60.0 Å². The van der Waals surface area contributed by atoms with Crippen LogP contribution in [0.1, 0.15) is 85.9 Å². The second-order valence-corrected chi connectivity index (χ2v) is 16.4. The van der Waals surface area contributed by atoms with Gasteiger partial charge in [-0.1, -0.05) is 95.4 Å². The van der Waals surface area contributed by atoms with E-state index in [4.69, 9.17) is 4.99 Å². The molecule has 0 radical (unpaired) electrons. The van der Waals surface area contributed by atoms with E-state index >= 15 is 0 Å². The van der Waals surface area contributed by atoms with Crippen LogP contribution >= 0.6 is 11.8 Å². The zero-order chi connectivity index (χ0) is 32.6. The number of thioether (sulfide) groups is 1. The molecule has 0 saturated heterocycles. The van der Waals surface area contributed by atoms with E-state index in [1.54, 1.807) is 11.8 Å². The molecule has 2 N–H and O–H groups in total. The van der Waals surface area contributed by atoms with Gasteiger partial charge in [-0.2, -0.15) is 5.21 Å². The van der Waals surface area contributed by atoms with Crippen LogP contribution in [0.3, 0.4) is 0 Å². The quantitative estimate of drug-likeness (QED) is 0.325. The van der Waals surface area contributed by atoms with Crippen molar-refractivity contribution in [2.24, 2.45) is 40.0 Å². The number of hydrogen-bond acceptors (Lipinski definition) is 7. The Morgan fingerprint density at radius 2 is 1.89 bits per heavy atom. The third kappa shape index (κ3) is 6.60. The number of aromatic amines is 1. The monoisotopic (exact) mass is 643 g/mol. The minimum atomic E-state index is -0.548. The molecule has 246 valence electrons. The van der Waals surface area contributed by atoms with Gasteiger partial charge in [-0.3, -0.25) is 14.6 Å². The van der Waals surface area contributed by atoms with Gasteiger partial charge in [-0.25, -0.2) is 0 Å². The molecule has 1 fully saturated rings. The maximum absolute atomic E-state index is 14.8. The van der Waals surface area contributed by atoms with Crippen LogP contribution in [0.15, 0.2) is 64.1 Å². The summed E-state index contributed by atoms with van der Waals surface area (Å²) in [5, 5.41) is 17.1. The van der Waals surface area contributed by atoms with Gasteiger partial charge in [0.1, 0.15) is 11.4 Å². The number of nitrogens with zero attached hydrogens (tertiary/aromatic N) is 5. The third-order valence-corrected chi connectivity index (χ3v) is 11.8. The third-order valence-electron chi connectivity index (χ3n) is 10.5. The highest BCUT2D eigenvalue weighted by molar-refractivity contribution is 8.05. The van der Waals surface area contributed by atoms with E-state index < -0.39 is 5.66 Å². The molecule has 3 heterocycles. The maximum Gasteiger partial charge on any atom is 0.275 e. The average Bonchev–Trinajstić information content (AvgIpc) is 3.75. The Morgan fingerprint density at radius 3 is 2.54 bits per heavy atom. The lowest BCUT2D eigenvalue weighted by molar-refractivity contribution is -0.132. The van der Waals surface area contributed by atoms with Crippen molar-refractivity contribution in [1.82, 2.24) is 30.8 Å². The van der Waals surface area contributed by atoms with Crippen LogP contribution in [0.2, 0.25) is 0 Å². The Morgan fingerprint density at radius 1 is 1.13 bits per heavy atom. The van der Waals surface area contributed by atoms with Crippen LogP contribution in [0.25, 0.3) is 0 Å². The van der Waals surface area contributed by atoms with Crippen molar-refractivity contribution in [1.29, 1.82) is 0 Å². The number of fused-ring (bicyclic) bond motifs is 1. The normalized spacial score (nSPS) is 31.3. The van der Waals surface area contributed by atoms with E-state index in [0.717, 1.165) is 49.0 Å². The molecular weight excluding hydrogens is 595 g/mol. The fourth-order valence-electron chi connectivity index (χ4n) is 7.75. The number of nitrogens with one attached hydrogen (secondary N) is 2. The fraction of sp³-hybridized carbons (Fsp3) is 0.611. The summed E-state index contributed by atoms with van der Waals surface area (Å²) in [7, 11) is 0. The first-order valence-corrected chi connectivity index (χ1v) is 17.9. The molecular formula is C36H49N7O2S. The van der Waals surface area contributed by atoms with Crippen LogP contribution in [0.4, 0.5) is 0 Å². The van der Waals surface area contributed by atoms with Crippen molar-refractivity contribution < 1.29 is 9.59 Å². The minimum absolute atomic E-state index is 0.0349. The molecule has 2 aliphatic heterocycles. The number of aromatic nitrogens is 4. The van der Waals surface area contributed by atoms with Crippen LogP contribution in [-0.2, 0) is 16.1 Å². The average molecular weight is 644 g/mol. The molecule has 5 atom stereocenters. The van der Waals surface area contributed by atoms with Crippen molar-refractivity contribution in [3.05, 3.63) is 64.9 Å². The Kier molecular flexibility index (Phi) is 9.29. The lowest BCUT2D eigenvalue weighted by Crippen LogP contribution is -2.55. The van der Waals surface area contributed by atoms with Crippen molar-refractivity contribution in [2.45, 2.75) is 104 Å². The summed E-state index contributed by atoms with van der Waals surface area (Å²) in [5.41, 5.74) is 1.44. The van der Waals surface area contributed by atoms with E-state index in [0.29, 0.717) is 34.5 Å². The Balaban J connectivity index is 1.30. The molecule has 10 heteroatoms. The molecule has 3 aliphatic carbocycles. The first kappa shape index (κ1) is 32.7. The summed E-state index contributed by atoms with van der Waals surface area (Å²) in [6.45, 7) is 13.8. The molecule has 1 saturated carbocycles. The van der Waals surface area contributed by atoms with Crippen molar-refractivity contribution in [3.63, 3.8) is 0 Å². The van der Waals surface area contributed by atoms with Gasteiger partial charge < -0.3 is 10.2 Å². The fourth-order valence-corrected chi connectivity index (χ4v) is 9.02. The lowest BCUT2D eigenvalue weighted by Gasteiger charge is -2.48. The van der Waals surface area contributed by atoms with E-state index in [1.165, 1.54) is 0 Å². The molecule has 46 heavy (non-hydrogen) atoms. The number of amides is 2. The van der Waals surface area contributed by atoms with Gasteiger partial charge in [-0.15, -0.1) is 22.0 Å². The minimum Gasteiger partial charge on any atom is -0.348 e. The lowest BCUT2D eigenvalue weighted by atomic mass is 9.69. The van der Waals surface area contributed by atoms with E-state index in [1.807, 2.05) is 6.08 Å². The SMILES string of the molecule is CC(C)CCC(C1=CC(C)C(C(=O)NCc2nn[nH]n2)C=C1)N1C(=O)C(C2=CC3C=CC=CC3S2)=NC12CCC(C(C)(C)C)CC2. The molecule has 2 amide bonds. The molecule has 0 bridgehead atoms. The first-order chi connectivity index (χ1) is 21.9. The molecule has 9 nitrogen and oxygen atoms in total. The molecule has 6 rings (SSSR count). The summed E-state index contributed by atoms with van der Waals surface area (Å²) in [6, 6.07) is -0.113. The first-order valence-electron chi connectivity index (χ1n) is 17.0. The summed E-state index contributed by atoms with van der Waals surface area (Å²) in [4.78, 5) is 36.7. The van der Waals surface area contributed by atoms with Crippen LogP contribution < -0.4 is 5.32 Å². The van der Waals surface area contributed by atoms with Gasteiger partial charge in [0.2, 0.25) is 5.91 Å². The molecule has 5 unspecified atom stereocenters. The summed E-state index contributed by atoms with van der Waals surface area (Å²) in [6.07, 6.45) is 23.0. The number of aliphatic imine (C=N–C) groups is 1.